The first kappa shape index (κ1) is 11.5. The van der Waals surface area contributed by atoms with E-state index in [4.69, 9.17) is 10.4 Å². The van der Waals surface area contributed by atoms with E-state index < -0.39 is 0 Å². The summed E-state index contributed by atoms with van der Waals surface area (Å²) >= 11 is 0. The summed E-state index contributed by atoms with van der Waals surface area (Å²) < 4.78 is 0. The highest BCUT2D eigenvalue weighted by atomic mass is 16.3. The van der Waals surface area contributed by atoms with E-state index in [0.29, 0.717) is 6.04 Å². The molecule has 0 bridgehead atoms. The maximum Gasteiger partial charge on any atom is 0.0672 e. The summed E-state index contributed by atoms with van der Waals surface area (Å²) in [6.07, 6.45) is 4.99. The van der Waals surface area contributed by atoms with Crippen molar-refractivity contribution < 1.29 is 5.11 Å². The van der Waals surface area contributed by atoms with Crippen LogP contribution in [0.15, 0.2) is 0 Å². The lowest BCUT2D eigenvalue weighted by Crippen LogP contribution is -2.32. The Morgan fingerprint density at radius 2 is 2.36 bits per heavy atom. The monoisotopic (exact) mass is 196 g/mol. The van der Waals surface area contributed by atoms with Crippen LogP contribution < -0.4 is 5.32 Å². The first-order chi connectivity index (χ1) is 6.74. The highest BCUT2D eigenvalue weighted by Gasteiger charge is 2.25. The lowest BCUT2D eigenvalue weighted by atomic mass is 10.1. The van der Waals surface area contributed by atoms with Crippen LogP contribution in [0.3, 0.4) is 0 Å². The van der Waals surface area contributed by atoms with Crippen molar-refractivity contribution >= 4 is 0 Å². The fraction of sp³-hybridized carbons (Fsp3) is 0.909. The second-order valence-electron chi connectivity index (χ2n) is 4.22. The van der Waals surface area contributed by atoms with Gasteiger partial charge in [0.25, 0.3) is 0 Å². The van der Waals surface area contributed by atoms with Crippen molar-refractivity contribution in [2.45, 2.75) is 51.2 Å². The van der Waals surface area contributed by atoms with Crippen molar-refractivity contribution in [2.75, 3.05) is 6.54 Å². The minimum absolute atomic E-state index is 0.202. The van der Waals surface area contributed by atoms with Gasteiger partial charge in [-0.2, -0.15) is 5.26 Å². The second-order valence-corrected chi connectivity index (χ2v) is 4.22. The molecule has 3 atom stereocenters. The van der Waals surface area contributed by atoms with Gasteiger partial charge in [-0.15, -0.1) is 0 Å². The summed E-state index contributed by atoms with van der Waals surface area (Å²) in [5, 5.41) is 21.3. The smallest absolute Gasteiger partial charge is 0.0672 e. The van der Waals surface area contributed by atoms with Gasteiger partial charge in [-0.1, -0.05) is 6.42 Å². The Morgan fingerprint density at radius 3 is 3.00 bits per heavy atom. The SMILES string of the molecule is CC(O)CCCNC1CCCC1C#N. The van der Waals surface area contributed by atoms with Crippen LogP contribution in [0.1, 0.15) is 39.0 Å². The van der Waals surface area contributed by atoms with Gasteiger partial charge in [0, 0.05) is 6.04 Å². The van der Waals surface area contributed by atoms with Crippen molar-refractivity contribution in [1.29, 1.82) is 5.26 Å². The van der Waals surface area contributed by atoms with Crippen LogP contribution in [-0.2, 0) is 0 Å². The molecule has 0 aromatic carbocycles. The predicted octanol–water partition coefficient (Wildman–Crippen LogP) is 1.43. The second kappa shape index (κ2) is 6.00. The van der Waals surface area contributed by atoms with Gasteiger partial charge in [0.15, 0.2) is 0 Å². The standard InChI is InChI=1S/C11H20N2O/c1-9(14)4-3-7-13-11-6-2-5-10(11)8-12/h9-11,13-14H,2-7H2,1H3. The zero-order chi connectivity index (χ0) is 10.4. The van der Waals surface area contributed by atoms with E-state index in [-0.39, 0.29) is 12.0 Å². The molecule has 0 heterocycles. The van der Waals surface area contributed by atoms with Gasteiger partial charge < -0.3 is 10.4 Å². The summed E-state index contributed by atoms with van der Waals surface area (Å²) in [7, 11) is 0. The molecule has 0 aliphatic heterocycles. The molecule has 0 amide bonds. The molecule has 2 N–H and O–H groups in total. The van der Waals surface area contributed by atoms with Crippen molar-refractivity contribution in [3.05, 3.63) is 0 Å². The number of nitriles is 1. The molecule has 3 nitrogen and oxygen atoms in total. The highest BCUT2D eigenvalue weighted by molar-refractivity contribution is 4.96. The Morgan fingerprint density at radius 1 is 1.57 bits per heavy atom. The van der Waals surface area contributed by atoms with Gasteiger partial charge in [-0.25, -0.2) is 0 Å². The number of rotatable bonds is 5. The third-order valence-electron chi connectivity index (χ3n) is 2.89. The Labute approximate surface area is 86.1 Å². The van der Waals surface area contributed by atoms with Gasteiger partial charge in [-0.3, -0.25) is 0 Å². The topological polar surface area (TPSA) is 56.0 Å². The van der Waals surface area contributed by atoms with E-state index in [2.05, 4.69) is 11.4 Å². The molecule has 14 heavy (non-hydrogen) atoms. The molecule has 1 fully saturated rings. The molecule has 1 saturated carbocycles. The lowest BCUT2D eigenvalue weighted by Gasteiger charge is -2.15. The predicted molar refractivity (Wildman–Crippen MR) is 55.7 cm³/mol. The molecule has 0 aromatic heterocycles. The molecule has 0 aromatic rings. The van der Waals surface area contributed by atoms with Crippen LogP contribution in [0.25, 0.3) is 0 Å². The number of nitrogens with zero attached hydrogens (tertiary/aromatic N) is 1. The van der Waals surface area contributed by atoms with E-state index in [0.717, 1.165) is 32.2 Å². The molecule has 3 unspecified atom stereocenters. The Hall–Kier alpha value is -0.590. The van der Waals surface area contributed by atoms with Crippen LogP contribution in [0.4, 0.5) is 0 Å². The first-order valence-corrected chi connectivity index (χ1v) is 5.55. The van der Waals surface area contributed by atoms with Crippen molar-refractivity contribution in [1.82, 2.24) is 5.32 Å². The van der Waals surface area contributed by atoms with E-state index in [1.54, 1.807) is 0 Å². The third kappa shape index (κ3) is 3.65. The largest absolute Gasteiger partial charge is 0.393 e. The average molecular weight is 196 g/mol. The lowest BCUT2D eigenvalue weighted by molar-refractivity contribution is 0.180. The van der Waals surface area contributed by atoms with Crippen molar-refractivity contribution in [3.63, 3.8) is 0 Å². The van der Waals surface area contributed by atoms with Gasteiger partial charge in [0.1, 0.15) is 0 Å². The Bertz CT molecular complexity index is 198. The summed E-state index contributed by atoms with van der Waals surface area (Å²) in [5.74, 6) is 0.210. The van der Waals surface area contributed by atoms with Crippen molar-refractivity contribution in [3.8, 4) is 6.07 Å². The summed E-state index contributed by atoms with van der Waals surface area (Å²) in [4.78, 5) is 0. The Balaban J connectivity index is 2.09. The van der Waals surface area contributed by atoms with Crippen LogP contribution in [0, 0.1) is 17.2 Å². The highest BCUT2D eigenvalue weighted by Crippen LogP contribution is 2.24. The van der Waals surface area contributed by atoms with Crippen LogP contribution in [0.5, 0.6) is 0 Å². The maximum absolute atomic E-state index is 9.06. The molecule has 0 spiro atoms. The normalized spacial score (nSPS) is 28.6. The van der Waals surface area contributed by atoms with Crippen LogP contribution in [0.2, 0.25) is 0 Å². The quantitative estimate of drug-likeness (QED) is 0.654. The van der Waals surface area contributed by atoms with Gasteiger partial charge in [0.2, 0.25) is 0 Å². The Kier molecular flexibility index (Phi) is 4.92. The minimum atomic E-state index is -0.202. The zero-order valence-electron chi connectivity index (χ0n) is 8.87. The molecule has 1 aliphatic rings. The molecule has 80 valence electrons. The number of hydrogen-bond acceptors (Lipinski definition) is 3. The van der Waals surface area contributed by atoms with Crippen molar-refractivity contribution in [2.24, 2.45) is 5.92 Å². The fourth-order valence-electron chi connectivity index (χ4n) is 2.04. The number of nitrogens with one attached hydrogen (secondary N) is 1. The number of aliphatic hydroxyl groups is 1. The third-order valence-corrected chi connectivity index (χ3v) is 2.89. The average Bonchev–Trinajstić information content (AvgIpc) is 2.59. The van der Waals surface area contributed by atoms with Gasteiger partial charge in [-0.05, 0) is 39.2 Å². The zero-order valence-corrected chi connectivity index (χ0v) is 8.87. The van der Waals surface area contributed by atoms with E-state index in [1.165, 1.54) is 6.42 Å². The maximum atomic E-state index is 9.06. The molecule has 0 saturated heterocycles. The molecule has 0 radical (unpaired) electrons. The van der Waals surface area contributed by atoms with E-state index >= 15 is 0 Å². The number of hydrogen-bond donors (Lipinski definition) is 2. The van der Waals surface area contributed by atoms with Gasteiger partial charge >= 0.3 is 0 Å². The van der Waals surface area contributed by atoms with Crippen LogP contribution in [-0.4, -0.2) is 23.8 Å². The summed E-state index contributed by atoms with van der Waals surface area (Å²) in [6.45, 7) is 2.74. The molecule has 3 heteroatoms. The van der Waals surface area contributed by atoms with E-state index in [1.807, 2.05) is 6.92 Å². The molecule has 1 rings (SSSR count). The van der Waals surface area contributed by atoms with Crippen LogP contribution >= 0.6 is 0 Å². The number of aliphatic hydroxyl groups excluding tert-OH is 1. The summed E-state index contributed by atoms with van der Waals surface area (Å²) in [6, 6.07) is 2.75. The molecular weight excluding hydrogens is 176 g/mol. The molecular formula is C11H20N2O. The fourth-order valence-corrected chi connectivity index (χ4v) is 2.04. The molecule has 1 aliphatic carbocycles. The van der Waals surface area contributed by atoms with Gasteiger partial charge in [0.05, 0.1) is 18.1 Å². The minimum Gasteiger partial charge on any atom is -0.393 e. The first-order valence-electron chi connectivity index (χ1n) is 5.55. The van der Waals surface area contributed by atoms with E-state index in [9.17, 15) is 0 Å². The summed E-state index contributed by atoms with van der Waals surface area (Å²) in [5.41, 5.74) is 0.